The molecule has 0 bridgehead atoms. The van der Waals surface area contributed by atoms with E-state index in [1.54, 1.807) is 0 Å². The van der Waals surface area contributed by atoms with Gasteiger partial charge >= 0.3 is 5.97 Å². The molecule has 2 heterocycles. The topological polar surface area (TPSA) is 154 Å². The normalized spacial score (nSPS) is 17.2. The fourth-order valence-electron chi connectivity index (χ4n) is 2.17. The van der Waals surface area contributed by atoms with Gasteiger partial charge in [-0.25, -0.2) is 9.68 Å². The second kappa shape index (κ2) is 10.1. The van der Waals surface area contributed by atoms with Crippen LogP contribution in [0.2, 0.25) is 0 Å². The number of amides is 4. The van der Waals surface area contributed by atoms with Crippen molar-refractivity contribution in [2.24, 2.45) is 0 Å². The van der Waals surface area contributed by atoms with Gasteiger partial charge in [-0.3, -0.25) is 28.8 Å². The molecule has 0 atom stereocenters. The Morgan fingerprint density at radius 1 is 0.759 bits per heavy atom. The van der Waals surface area contributed by atoms with E-state index in [4.69, 9.17) is 0 Å². The molecule has 0 saturated carbocycles. The monoisotopic (exact) mass is 408 g/mol. The number of rotatable bonds is 10. The largest absolute Gasteiger partial charge is 0.356 e. The maximum atomic E-state index is 11.6. The van der Waals surface area contributed by atoms with E-state index in [2.05, 4.69) is 14.7 Å². The molecule has 0 radical (unpaired) electrons. The standard InChI is InChI=1S/C17H16N2O10/c20-11(2-1-9-27-29-19-15(24)6-7-16(19)25)10-12(21)3-8-17(26)28-18-13(22)4-5-14(18)23/h1-3,8H,4-7,9-10H2/b2-1+,8-3+. The van der Waals surface area contributed by atoms with Gasteiger partial charge in [-0.15, -0.1) is 15.1 Å². The van der Waals surface area contributed by atoms with Gasteiger partial charge in [0.15, 0.2) is 11.6 Å². The number of imide groups is 2. The van der Waals surface area contributed by atoms with E-state index < -0.39 is 47.6 Å². The minimum Gasteiger partial charge on any atom is -0.326 e. The molecule has 0 aromatic carbocycles. The molecule has 4 amide bonds. The van der Waals surface area contributed by atoms with Crippen molar-refractivity contribution in [1.82, 2.24) is 10.1 Å². The fraction of sp³-hybridized carbons (Fsp3) is 0.353. The average molecular weight is 408 g/mol. The summed E-state index contributed by atoms with van der Waals surface area (Å²) < 4.78 is 0. The van der Waals surface area contributed by atoms with E-state index in [0.717, 1.165) is 12.2 Å². The maximum Gasteiger partial charge on any atom is 0.356 e. The van der Waals surface area contributed by atoms with Crippen molar-refractivity contribution in [3.63, 3.8) is 0 Å². The Balaban J connectivity index is 1.66. The summed E-state index contributed by atoms with van der Waals surface area (Å²) >= 11 is 0. The predicted molar refractivity (Wildman–Crippen MR) is 88.2 cm³/mol. The zero-order chi connectivity index (χ0) is 21.4. The lowest BCUT2D eigenvalue weighted by Crippen LogP contribution is -2.31. The Hall–Kier alpha value is -3.51. The van der Waals surface area contributed by atoms with Crippen LogP contribution in [-0.2, 0) is 48.3 Å². The molecule has 154 valence electrons. The fourth-order valence-corrected chi connectivity index (χ4v) is 2.17. The van der Waals surface area contributed by atoms with E-state index in [0.29, 0.717) is 16.2 Å². The zero-order valence-corrected chi connectivity index (χ0v) is 15.0. The van der Waals surface area contributed by atoms with Crippen LogP contribution >= 0.6 is 0 Å². The lowest BCUT2D eigenvalue weighted by Gasteiger charge is -2.10. The number of allylic oxidation sites excluding steroid dienone is 2. The minimum absolute atomic E-state index is 0.0321. The summed E-state index contributed by atoms with van der Waals surface area (Å²) in [7, 11) is 0. The molecule has 0 spiro atoms. The molecule has 12 nitrogen and oxygen atoms in total. The Bertz CT molecular complexity index is 781. The first-order valence-corrected chi connectivity index (χ1v) is 8.41. The van der Waals surface area contributed by atoms with E-state index in [1.165, 1.54) is 6.08 Å². The summed E-state index contributed by atoms with van der Waals surface area (Å²) in [5.74, 6) is -4.84. The predicted octanol–water partition coefficient (Wildman–Crippen LogP) is -0.753. The van der Waals surface area contributed by atoms with Gasteiger partial charge in [0.25, 0.3) is 23.6 Å². The molecule has 12 heteroatoms. The lowest BCUT2D eigenvalue weighted by molar-refractivity contribution is -0.388. The van der Waals surface area contributed by atoms with E-state index >= 15 is 0 Å². The molecular weight excluding hydrogens is 392 g/mol. The van der Waals surface area contributed by atoms with E-state index in [9.17, 15) is 33.6 Å². The highest BCUT2D eigenvalue weighted by Gasteiger charge is 2.32. The molecule has 0 unspecified atom stereocenters. The highest BCUT2D eigenvalue weighted by Crippen LogP contribution is 2.13. The van der Waals surface area contributed by atoms with Gasteiger partial charge in [-0.05, 0) is 12.2 Å². The average Bonchev–Trinajstić information content (AvgIpc) is 3.16. The molecule has 0 aliphatic carbocycles. The van der Waals surface area contributed by atoms with Gasteiger partial charge in [0.2, 0.25) is 0 Å². The Kier molecular flexibility index (Phi) is 7.62. The summed E-state index contributed by atoms with van der Waals surface area (Å²) in [6.07, 6.45) is 3.07. The summed E-state index contributed by atoms with van der Waals surface area (Å²) in [5, 5.41) is 0.808. The highest BCUT2D eigenvalue weighted by atomic mass is 17.3. The summed E-state index contributed by atoms with van der Waals surface area (Å²) in [4.78, 5) is 93.4. The Morgan fingerprint density at radius 2 is 1.28 bits per heavy atom. The van der Waals surface area contributed by atoms with Crippen molar-refractivity contribution in [3.8, 4) is 0 Å². The van der Waals surface area contributed by atoms with Crippen molar-refractivity contribution in [1.29, 1.82) is 0 Å². The number of hydrogen-bond donors (Lipinski definition) is 0. The summed E-state index contributed by atoms with van der Waals surface area (Å²) in [5.41, 5.74) is 0. The zero-order valence-electron chi connectivity index (χ0n) is 15.0. The van der Waals surface area contributed by atoms with Crippen LogP contribution in [0.5, 0.6) is 0 Å². The van der Waals surface area contributed by atoms with Gasteiger partial charge in [-0.1, -0.05) is 6.08 Å². The van der Waals surface area contributed by atoms with Crippen LogP contribution in [0, 0.1) is 0 Å². The van der Waals surface area contributed by atoms with Crippen LogP contribution < -0.4 is 0 Å². The molecular formula is C17H16N2O10. The molecule has 2 aliphatic rings. The van der Waals surface area contributed by atoms with Gasteiger partial charge < -0.3 is 4.84 Å². The summed E-state index contributed by atoms with van der Waals surface area (Å²) in [6, 6.07) is 0. The number of carbonyl (C=O) groups excluding carboxylic acids is 7. The van der Waals surface area contributed by atoms with Gasteiger partial charge in [-0.2, -0.15) is 0 Å². The molecule has 0 N–H and O–H groups in total. The SMILES string of the molecule is O=C(/C=C/COON1C(=O)CCC1=O)CC(=O)/C=C/C(=O)ON1C(=O)CCC1=O. The molecule has 2 saturated heterocycles. The van der Waals surface area contributed by atoms with E-state index in [-0.39, 0.29) is 32.3 Å². The van der Waals surface area contributed by atoms with Gasteiger partial charge in [0.05, 0.1) is 6.42 Å². The second-order valence-electron chi connectivity index (χ2n) is 5.78. The Labute approximate surface area is 163 Å². The number of hydrogen-bond acceptors (Lipinski definition) is 10. The third kappa shape index (κ3) is 6.55. The van der Waals surface area contributed by atoms with Gasteiger partial charge in [0.1, 0.15) is 6.61 Å². The third-order valence-corrected chi connectivity index (χ3v) is 3.54. The van der Waals surface area contributed by atoms with Crippen LogP contribution in [0.15, 0.2) is 24.3 Å². The second-order valence-corrected chi connectivity index (χ2v) is 5.78. The minimum atomic E-state index is -1.11. The highest BCUT2D eigenvalue weighted by molar-refractivity contribution is 6.10. The van der Waals surface area contributed by atoms with Crippen molar-refractivity contribution < 1.29 is 48.3 Å². The molecule has 2 aliphatic heterocycles. The van der Waals surface area contributed by atoms with Crippen LogP contribution in [0.25, 0.3) is 0 Å². The Morgan fingerprint density at radius 3 is 1.86 bits per heavy atom. The number of carbonyl (C=O) groups is 7. The van der Waals surface area contributed by atoms with Crippen molar-refractivity contribution in [3.05, 3.63) is 24.3 Å². The van der Waals surface area contributed by atoms with Crippen molar-refractivity contribution in [2.75, 3.05) is 6.61 Å². The summed E-state index contributed by atoms with van der Waals surface area (Å²) in [6.45, 7) is -0.267. The molecule has 2 rings (SSSR count). The number of nitrogens with zero attached hydrogens (tertiary/aromatic N) is 2. The maximum absolute atomic E-state index is 11.6. The van der Waals surface area contributed by atoms with Crippen molar-refractivity contribution >= 4 is 41.2 Å². The molecule has 2 fully saturated rings. The number of hydroxylamine groups is 4. The van der Waals surface area contributed by atoms with E-state index in [1.807, 2.05) is 0 Å². The molecule has 0 aromatic rings. The van der Waals surface area contributed by atoms with Crippen molar-refractivity contribution in [2.45, 2.75) is 32.1 Å². The smallest absolute Gasteiger partial charge is 0.326 e. The van der Waals surface area contributed by atoms with Gasteiger partial charge in [0, 0.05) is 31.8 Å². The first-order valence-electron chi connectivity index (χ1n) is 8.41. The molecule has 29 heavy (non-hydrogen) atoms. The number of ketones is 2. The van der Waals surface area contributed by atoms with Crippen LogP contribution in [0.4, 0.5) is 0 Å². The first-order chi connectivity index (χ1) is 13.8. The first kappa shape index (κ1) is 21.8. The molecule has 0 aromatic heterocycles. The lowest BCUT2D eigenvalue weighted by atomic mass is 10.2. The van der Waals surface area contributed by atoms with Crippen LogP contribution in [-0.4, -0.2) is 57.9 Å². The van der Waals surface area contributed by atoms with Crippen LogP contribution in [0.1, 0.15) is 32.1 Å². The quantitative estimate of drug-likeness (QED) is 0.113. The third-order valence-electron chi connectivity index (χ3n) is 3.54. The van der Waals surface area contributed by atoms with Crippen LogP contribution in [0.3, 0.4) is 0 Å².